The Labute approximate surface area is 102 Å². The molecule has 1 aliphatic carbocycles. The molecular formula is C13H21NOS. The summed E-state index contributed by atoms with van der Waals surface area (Å²) in [6.07, 6.45) is 3.87. The van der Waals surface area contributed by atoms with Crippen LogP contribution in [0, 0.1) is 5.92 Å². The van der Waals surface area contributed by atoms with Gasteiger partial charge >= 0.3 is 0 Å². The number of nitrogens with one attached hydrogen (secondary N) is 1. The van der Waals surface area contributed by atoms with Crippen molar-refractivity contribution in [3.63, 3.8) is 0 Å². The van der Waals surface area contributed by atoms with Gasteiger partial charge in [0, 0.05) is 17.5 Å². The molecule has 1 aliphatic rings. The minimum atomic E-state index is -0.726. The van der Waals surface area contributed by atoms with Gasteiger partial charge < -0.3 is 10.4 Å². The summed E-state index contributed by atoms with van der Waals surface area (Å²) in [7, 11) is 0. The van der Waals surface area contributed by atoms with E-state index in [1.54, 1.807) is 11.3 Å². The predicted octanol–water partition coefficient (Wildman–Crippen LogP) is 2.73. The third-order valence-electron chi connectivity index (χ3n) is 3.39. The molecule has 2 N–H and O–H groups in total. The Hall–Kier alpha value is -0.380. The van der Waals surface area contributed by atoms with Gasteiger partial charge in [0.25, 0.3) is 0 Å². The van der Waals surface area contributed by atoms with Crippen LogP contribution in [0.2, 0.25) is 0 Å². The molecule has 0 radical (unpaired) electrons. The van der Waals surface area contributed by atoms with Crippen LogP contribution in [0.5, 0.6) is 0 Å². The largest absolute Gasteiger partial charge is 0.383 e. The van der Waals surface area contributed by atoms with Crippen molar-refractivity contribution in [1.82, 2.24) is 5.32 Å². The first-order valence-electron chi connectivity index (χ1n) is 6.13. The van der Waals surface area contributed by atoms with Crippen molar-refractivity contribution < 1.29 is 5.11 Å². The number of aliphatic hydroxyl groups is 1. The summed E-state index contributed by atoms with van der Waals surface area (Å²) in [6, 6.07) is 4.59. The molecule has 0 amide bonds. The lowest BCUT2D eigenvalue weighted by Crippen LogP contribution is -2.41. The van der Waals surface area contributed by atoms with E-state index in [9.17, 15) is 5.11 Å². The van der Waals surface area contributed by atoms with E-state index in [4.69, 9.17) is 0 Å². The van der Waals surface area contributed by atoms with Gasteiger partial charge in [-0.1, -0.05) is 13.0 Å². The molecule has 2 nitrogen and oxygen atoms in total. The van der Waals surface area contributed by atoms with Gasteiger partial charge in [0.15, 0.2) is 0 Å². The summed E-state index contributed by atoms with van der Waals surface area (Å²) in [6.45, 7) is 4.77. The maximum absolute atomic E-state index is 10.4. The van der Waals surface area contributed by atoms with E-state index in [0.29, 0.717) is 12.6 Å². The Balaban J connectivity index is 1.88. The van der Waals surface area contributed by atoms with E-state index in [0.717, 1.165) is 17.2 Å². The second kappa shape index (κ2) is 4.86. The van der Waals surface area contributed by atoms with Crippen LogP contribution in [0.3, 0.4) is 0 Å². The molecule has 0 aliphatic heterocycles. The SMILES string of the molecule is CCC(NCC(C)(O)c1cccs1)C1CC1. The van der Waals surface area contributed by atoms with E-state index < -0.39 is 5.60 Å². The lowest BCUT2D eigenvalue weighted by molar-refractivity contribution is 0.0564. The predicted molar refractivity (Wildman–Crippen MR) is 68.7 cm³/mol. The highest BCUT2D eigenvalue weighted by molar-refractivity contribution is 7.10. The normalized spacial score (nSPS) is 21.7. The summed E-state index contributed by atoms with van der Waals surface area (Å²) < 4.78 is 0. The van der Waals surface area contributed by atoms with Crippen LogP contribution >= 0.6 is 11.3 Å². The number of hydrogen-bond donors (Lipinski definition) is 2. The molecule has 1 fully saturated rings. The zero-order valence-electron chi connectivity index (χ0n) is 10.1. The fourth-order valence-electron chi connectivity index (χ4n) is 2.14. The number of thiophene rings is 1. The van der Waals surface area contributed by atoms with Gasteiger partial charge in [0.05, 0.1) is 0 Å². The molecule has 2 rings (SSSR count). The van der Waals surface area contributed by atoms with Gasteiger partial charge in [0.2, 0.25) is 0 Å². The van der Waals surface area contributed by atoms with E-state index in [1.165, 1.54) is 12.8 Å². The van der Waals surface area contributed by atoms with Crippen LogP contribution in [-0.4, -0.2) is 17.7 Å². The molecule has 1 saturated carbocycles. The zero-order chi connectivity index (χ0) is 11.6. The maximum atomic E-state index is 10.4. The summed E-state index contributed by atoms with van der Waals surface area (Å²) >= 11 is 1.62. The Morgan fingerprint density at radius 2 is 2.38 bits per heavy atom. The Bertz CT molecular complexity index is 317. The Morgan fingerprint density at radius 3 is 2.88 bits per heavy atom. The molecular weight excluding hydrogens is 218 g/mol. The second-order valence-corrected chi connectivity index (χ2v) is 5.93. The summed E-state index contributed by atoms with van der Waals surface area (Å²) in [5, 5.41) is 15.9. The van der Waals surface area contributed by atoms with Crippen molar-refractivity contribution in [2.75, 3.05) is 6.54 Å². The standard InChI is InChI=1S/C13H21NOS/c1-3-11(10-6-7-10)14-9-13(2,15)12-5-4-8-16-12/h4-5,8,10-11,14-15H,3,6-7,9H2,1-2H3. The smallest absolute Gasteiger partial charge is 0.108 e. The first-order chi connectivity index (χ1) is 7.63. The Morgan fingerprint density at radius 1 is 1.62 bits per heavy atom. The van der Waals surface area contributed by atoms with Crippen molar-refractivity contribution in [2.45, 2.75) is 44.8 Å². The molecule has 0 spiro atoms. The molecule has 16 heavy (non-hydrogen) atoms. The van der Waals surface area contributed by atoms with Crippen LogP contribution in [0.15, 0.2) is 17.5 Å². The fraction of sp³-hybridized carbons (Fsp3) is 0.692. The topological polar surface area (TPSA) is 32.3 Å². The van der Waals surface area contributed by atoms with Gasteiger partial charge in [0.1, 0.15) is 5.60 Å². The lowest BCUT2D eigenvalue weighted by atomic mass is 10.0. The van der Waals surface area contributed by atoms with Crippen LogP contribution in [-0.2, 0) is 5.60 Å². The maximum Gasteiger partial charge on any atom is 0.108 e. The molecule has 90 valence electrons. The van der Waals surface area contributed by atoms with E-state index in [2.05, 4.69) is 12.2 Å². The van der Waals surface area contributed by atoms with Crippen LogP contribution in [0.25, 0.3) is 0 Å². The fourth-order valence-corrected chi connectivity index (χ4v) is 2.93. The Kier molecular flexibility index (Phi) is 3.67. The average Bonchev–Trinajstić information content (AvgIpc) is 2.93. The second-order valence-electron chi connectivity index (χ2n) is 4.98. The summed E-state index contributed by atoms with van der Waals surface area (Å²) in [4.78, 5) is 1.05. The highest BCUT2D eigenvalue weighted by Crippen LogP contribution is 2.34. The molecule has 0 aromatic carbocycles. The third-order valence-corrected chi connectivity index (χ3v) is 4.51. The van der Waals surface area contributed by atoms with Crippen molar-refractivity contribution >= 4 is 11.3 Å². The minimum Gasteiger partial charge on any atom is -0.383 e. The first kappa shape index (κ1) is 12.1. The number of rotatable bonds is 6. The van der Waals surface area contributed by atoms with E-state index >= 15 is 0 Å². The molecule has 1 aromatic rings. The van der Waals surface area contributed by atoms with Crippen molar-refractivity contribution in [3.8, 4) is 0 Å². The molecule has 0 saturated heterocycles. The molecule has 1 aromatic heterocycles. The van der Waals surface area contributed by atoms with E-state index in [1.807, 2.05) is 24.4 Å². The average molecular weight is 239 g/mol. The van der Waals surface area contributed by atoms with Gasteiger partial charge in [-0.05, 0) is 43.6 Å². The summed E-state index contributed by atoms with van der Waals surface area (Å²) in [5.41, 5.74) is -0.726. The molecule has 2 atom stereocenters. The monoisotopic (exact) mass is 239 g/mol. The van der Waals surface area contributed by atoms with Crippen molar-refractivity contribution in [3.05, 3.63) is 22.4 Å². The van der Waals surface area contributed by atoms with Crippen LogP contribution in [0.1, 0.15) is 38.0 Å². The summed E-state index contributed by atoms with van der Waals surface area (Å²) in [5.74, 6) is 0.851. The molecule has 3 heteroatoms. The highest BCUT2D eigenvalue weighted by atomic mass is 32.1. The van der Waals surface area contributed by atoms with Gasteiger partial charge in [-0.2, -0.15) is 0 Å². The zero-order valence-corrected chi connectivity index (χ0v) is 10.9. The third kappa shape index (κ3) is 2.84. The van der Waals surface area contributed by atoms with Crippen LogP contribution < -0.4 is 5.32 Å². The highest BCUT2D eigenvalue weighted by Gasteiger charge is 2.32. The van der Waals surface area contributed by atoms with Crippen LogP contribution in [0.4, 0.5) is 0 Å². The molecule has 2 unspecified atom stereocenters. The van der Waals surface area contributed by atoms with Crippen molar-refractivity contribution in [1.29, 1.82) is 0 Å². The van der Waals surface area contributed by atoms with E-state index in [-0.39, 0.29) is 0 Å². The quantitative estimate of drug-likeness (QED) is 0.800. The van der Waals surface area contributed by atoms with Gasteiger partial charge in [-0.15, -0.1) is 11.3 Å². The first-order valence-corrected chi connectivity index (χ1v) is 7.01. The minimum absolute atomic E-state index is 0.589. The number of hydrogen-bond acceptors (Lipinski definition) is 3. The van der Waals surface area contributed by atoms with Gasteiger partial charge in [-0.3, -0.25) is 0 Å². The van der Waals surface area contributed by atoms with Gasteiger partial charge in [-0.25, -0.2) is 0 Å². The van der Waals surface area contributed by atoms with Crippen molar-refractivity contribution in [2.24, 2.45) is 5.92 Å². The molecule has 0 bridgehead atoms. The lowest BCUT2D eigenvalue weighted by Gasteiger charge is -2.26. The molecule has 1 heterocycles.